The molecule has 2 aromatic carbocycles. The fourth-order valence-electron chi connectivity index (χ4n) is 3.05. The smallest absolute Gasteiger partial charge is 0.344 e. The van der Waals surface area contributed by atoms with Gasteiger partial charge >= 0.3 is 5.97 Å². The second-order valence-electron chi connectivity index (χ2n) is 6.60. The molecule has 8 heteroatoms. The van der Waals surface area contributed by atoms with Crippen molar-refractivity contribution in [2.75, 3.05) is 36.5 Å². The fraction of sp³-hybridized carbons (Fsp3) is 0.286. The van der Waals surface area contributed by atoms with E-state index in [9.17, 15) is 14.4 Å². The van der Waals surface area contributed by atoms with Crippen LogP contribution in [-0.2, 0) is 14.3 Å². The lowest BCUT2D eigenvalue weighted by atomic mass is 10.2. The van der Waals surface area contributed by atoms with Gasteiger partial charge in [0.1, 0.15) is 5.75 Å². The summed E-state index contributed by atoms with van der Waals surface area (Å²) in [5, 5.41) is 2.68. The third-order valence-electron chi connectivity index (χ3n) is 4.48. The van der Waals surface area contributed by atoms with Gasteiger partial charge in [-0.1, -0.05) is 12.1 Å². The Balaban J connectivity index is 1.42. The Hall–Kier alpha value is -3.55. The third-order valence-corrected chi connectivity index (χ3v) is 4.48. The van der Waals surface area contributed by atoms with Crippen LogP contribution in [-0.4, -0.2) is 44.1 Å². The summed E-state index contributed by atoms with van der Waals surface area (Å²) in [6.07, 6.45) is 2.39. The normalized spacial score (nSPS) is 13.0. The van der Waals surface area contributed by atoms with Crippen LogP contribution >= 0.6 is 0 Å². The molecule has 0 bridgehead atoms. The molecule has 0 radical (unpaired) electrons. The van der Waals surface area contributed by atoms with Crippen LogP contribution in [0, 0.1) is 0 Å². The number of anilines is 2. The van der Waals surface area contributed by atoms with E-state index >= 15 is 0 Å². The zero-order valence-corrected chi connectivity index (χ0v) is 15.9. The van der Waals surface area contributed by atoms with E-state index in [0.29, 0.717) is 5.69 Å². The molecule has 3 rings (SSSR count). The first-order valence-electron chi connectivity index (χ1n) is 9.35. The number of nitrogens with one attached hydrogen (secondary N) is 1. The average molecular weight is 397 g/mol. The highest BCUT2D eigenvalue weighted by atomic mass is 16.6. The van der Waals surface area contributed by atoms with Gasteiger partial charge < -0.3 is 25.4 Å². The second-order valence-corrected chi connectivity index (χ2v) is 6.60. The van der Waals surface area contributed by atoms with E-state index in [1.807, 2.05) is 24.3 Å². The molecule has 0 atom stereocenters. The van der Waals surface area contributed by atoms with E-state index in [-0.39, 0.29) is 11.3 Å². The fourth-order valence-corrected chi connectivity index (χ4v) is 3.05. The van der Waals surface area contributed by atoms with Gasteiger partial charge in [-0.3, -0.25) is 9.59 Å². The van der Waals surface area contributed by atoms with Crippen molar-refractivity contribution >= 4 is 29.2 Å². The van der Waals surface area contributed by atoms with Crippen LogP contribution in [0.4, 0.5) is 11.4 Å². The number of esters is 1. The summed E-state index contributed by atoms with van der Waals surface area (Å²) in [6.45, 7) is 1.22. The van der Waals surface area contributed by atoms with Gasteiger partial charge in [-0.15, -0.1) is 0 Å². The van der Waals surface area contributed by atoms with Gasteiger partial charge in [0.2, 0.25) is 0 Å². The summed E-state index contributed by atoms with van der Waals surface area (Å²) in [5.74, 6) is -1.67. The molecule has 1 aliphatic rings. The zero-order chi connectivity index (χ0) is 20.6. The number of amides is 2. The largest absolute Gasteiger partial charge is 0.481 e. The molecule has 0 saturated carbocycles. The molecule has 1 heterocycles. The number of benzene rings is 2. The highest BCUT2D eigenvalue weighted by Gasteiger charge is 2.14. The molecule has 2 aromatic rings. The minimum atomic E-state index is -0.733. The molecule has 1 saturated heterocycles. The quantitative estimate of drug-likeness (QED) is 0.659. The first-order valence-corrected chi connectivity index (χ1v) is 9.35. The number of nitrogens with zero attached hydrogens (tertiary/aromatic N) is 1. The summed E-state index contributed by atoms with van der Waals surface area (Å²) in [7, 11) is 0. The zero-order valence-electron chi connectivity index (χ0n) is 15.9. The van der Waals surface area contributed by atoms with Crippen molar-refractivity contribution in [3.63, 3.8) is 0 Å². The van der Waals surface area contributed by atoms with Crippen molar-refractivity contribution in [2.24, 2.45) is 5.73 Å². The molecule has 29 heavy (non-hydrogen) atoms. The summed E-state index contributed by atoms with van der Waals surface area (Å²) in [6, 6.07) is 13.8. The van der Waals surface area contributed by atoms with Crippen LogP contribution in [0.1, 0.15) is 23.2 Å². The Kier molecular flexibility index (Phi) is 6.67. The molecule has 8 nitrogen and oxygen atoms in total. The van der Waals surface area contributed by atoms with Gasteiger partial charge in [0, 0.05) is 24.5 Å². The third kappa shape index (κ3) is 5.71. The lowest BCUT2D eigenvalue weighted by Gasteiger charge is -2.17. The van der Waals surface area contributed by atoms with Crippen LogP contribution in [0.15, 0.2) is 48.5 Å². The average Bonchev–Trinajstić information content (AvgIpc) is 3.26. The number of nitrogens with two attached hydrogens (primary N) is 1. The molecule has 0 aliphatic carbocycles. The van der Waals surface area contributed by atoms with Gasteiger partial charge in [0.25, 0.3) is 11.8 Å². The maximum Gasteiger partial charge on any atom is 0.344 e. The van der Waals surface area contributed by atoms with E-state index in [4.69, 9.17) is 15.2 Å². The van der Waals surface area contributed by atoms with Gasteiger partial charge in [0.15, 0.2) is 13.2 Å². The van der Waals surface area contributed by atoms with Crippen LogP contribution in [0.5, 0.6) is 5.75 Å². The standard InChI is InChI=1S/C21H23N3O5/c22-21(27)17-5-1-2-6-18(17)28-14-20(26)29-13-19(25)23-15-7-9-16(10-8-15)24-11-3-4-12-24/h1-2,5-10H,3-4,11-14H2,(H2,22,27)(H,23,25). The van der Waals surface area contributed by atoms with Gasteiger partial charge in [-0.25, -0.2) is 4.79 Å². The first-order chi connectivity index (χ1) is 14.0. The maximum absolute atomic E-state index is 12.0. The number of carbonyl (C=O) groups excluding carboxylic acids is 3. The monoisotopic (exact) mass is 397 g/mol. The van der Waals surface area contributed by atoms with Crippen molar-refractivity contribution in [3.05, 3.63) is 54.1 Å². The Morgan fingerprint density at radius 3 is 2.34 bits per heavy atom. The molecule has 1 aliphatic heterocycles. The predicted molar refractivity (Wildman–Crippen MR) is 108 cm³/mol. The highest BCUT2D eigenvalue weighted by Crippen LogP contribution is 2.22. The second kappa shape index (κ2) is 9.59. The Bertz CT molecular complexity index is 876. The minimum absolute atomic E-state index is 0.162. The molecule has 0 spiro atoms. The maximum atomic E-state index is 12.0. The summed E-state index contributed by atoms with van der Waals surface area (Å²) >= 11 is 0. The molecule has 152 valence electrons. The molecular weight excluding hydrogens is 374 g/mol. The van der Waals surface area contributed by atoms with Gasteiger partial charge in [-0.2, -0.15) is 0 Å². The molecule has 0 unspecified atom stereocenters. The summed E-state index contributed by atoms with van der Waals surface area (Å²) in [4.78, 5) is 37.4. The van der Waals surface area contributed by atoms with Crippen molar-refractivity contribution in [1.82, 2.24) is 0 Å². The van der Waals surface area contributed by atoms with Crippen LogP contribution in [0.3, 0.4) is 0 Å². The lowest BCUT2D eigenvalue weighted by molar-refractivity contribution is -0.149. The van der Waals surface area contributed by atoms with Crippen molar-refractivity contribution < 1.29 is 23.9 Å². The Morgan fingerprint density at radius 1 is 0.966 bits per heavy atom. The number of primary amides is 1. The number of rotatable bonds is 8. The van der Waals surface area contributed by atoms with Crippen LogP contribution < -0.4 is 20.7 Å². The number of carbonyl (C=O) groups is 3. The molecule has 3 N–H and O–H groups in total. The number of hydrogen-bond donors (Lipinski definition) is 2. The summed E-state index contributed by atoms with van der Waals surface area (Å²) in [5.41, 5.74) is 7.16. The first kappa shape index (κ1) is 20.2. The number of hydrogen-bond acceptors (Lipinski definition) is 6. The van der Waals surface area contributed by atoms with Crippen molar-refractivity contribution in [2.45, 2.75) is 12.8 Å². The lowest BCUT2D eigenvalue weighted by Crippen LogP contribution is -2.24. The minimum Gasteiger partial charge on any atom is -0.481 e. The van der Waals surface area contributed by atoms with E-state index in [1.54, 1.807) is 12.1 Å². The van der Waals surface area contributed by atoms with Gasteiger partial charge in [0.05, 0.1) is 5.56 Å². The number of para-hydroxylation sites is 1. The molecule has 0 aromatic heterocycles. The summed E-state index contributed by atoms with van der Waals surface area (Å²) < 4.78 is 10.2. The van der Waals surface area contributed by atoms with Crippen molar-refractivity contribution in [1.29, 1.82) is 0 Å². The van der Waals surface area contributed by atoms with Crippen molar-refractivity contribution in [3.8, 4) is 5.75 Å². The molecule has 1 fully saturated rings. The SMILES string of the molecule is NC(=O)c1ccccc1OCC(=O)OCC(=O)Nc1ccc(N2CCCC2)cc1. The number of ether oxygens (including phenoxy) is 2. The highest BCUT2D eigenvalue weighted by molar-refractivity contribution is 5.95. The van der Waals surface area contributed by atoms with E-state index < -0.39 is 31.0 Å². The topological polar surface area (TPSA) is 111 Å². The van der Waals surface area contributed by atoms with Gasteiger partial charge in [-0.05, 0) is 49.2 Å². The Morgan fingerprint density at radius 2 is 1.66 bits per heavy atom. The van der Waals surface area contributed by atoms with Crippen LogP contribution in [0.25, 0.3) is 0 Å². The Labute approximate surface area is 168 Å². The predicted octanol–water partition coefficient (Wildman–Crippen LogP) is 1.95. The van der Waals surface area contributed by atoms with E-state index in [1.165, 1.54) is 25.0 Å². The van der Waals surface area contributed by atoms with E-state index in [0.717, 1.165) is 18.8 Å². The van der Waals surface area contributed by atoms with E-state index in [2.05, 4.69) is 10.2 Å². The molecule has 2 amide bonds. The van der Waals surface area contributed by atoms with Crippen LogP contribution in [0.2, 0.25) is 0 Å². The molecular formula is C21H23N3O5.